The SMILES string of the molecule is COC(=O)[C@@]1(C)CC[C@]2(C)CC[C@]3(C)C(=CC(=O)[C@@H]4[C@@]5(C)CCC(NC(=O)c6ccccc6C(=O)O)C(C)(C)[C@@H]5CC[C@]43C)C2C1. The number of aromatic carboxylic acids is 1. The van der Waals surface area contributed by atoms with E-state index in [0.29, 0.717) is 0 Å². The zero-order valence-electron chi connectivity index (χ0n) is 29.0. The van der Waals surface area contributed by atoms with Crippen molar-refractivity contribution in [3.8, 4) is 0 Å². The lowest BCUT2D eigenvalue weighted by Crippen LogP contribution is -2.67. The Morgan fingerprint density at radius 1 is 0.870 bits per heavy atom. The summed E-state index contributed by atoms with van der Waals surface area (Å²) in [6, 6.07) is 6.23. The van der Waals surface area contributed by atoms with E-state index in [9.17, 15) is 24.3 Å². The maximum Gasteiger partial charge on any atom is 0.336 e. The average Bonchev–Trinajstić information content (AvgIpc) is 2.99. The number of hydrogen-bond donors (Lipinski definition) is 2. The number of esters is 1. The molecule has 7 heteroatoms. The Morgan fingerprint density at radius 2 is 1.52 bits per heavy atom. The summed E-state index contributed by atoms with van der Waals surface area (Å²) in [6.07, 6.45) is 10.1. The highest BCUT2D eigenvalue weighted by Crippen LogP contribution is 2.75. The number of methoxy groups -OCH3 is 1. The molecule has 0 aromatic heterocycles. The molecule has 1 aromatic rings. The maximum absolute atomic E-state index is 14.7. The zero-order chi connectivity index (χ0) is 33.7. The number of rotatable bonds is 4. The van der Waals surface area contributed by atoms with Crippen LogP contribution in [0, 0.1) is 50.2 Å². The second kappa shape index (κ2) is 10.5. The number of allylic oxidation sites excluding steroid dienone is 2. The van der Waals surface area contributed by atoms with Crippen molar-refractivity contribution in [3.05, 3.63) is 47.0 Å². The average molecular weight is 632 g/mol. The van der Waals surface area contributed by atoms with Crippen LogP contribution >= 0.6 is 0 Å². The number of hydrogen-bond acceptors (Lipinski definition) is 5. The highest BCUT2D eigenvalue weighted by atomic mass is 16.5. The Kier molecular flexibility index (Phi) is 7.54. The number of ketones is 1. The molecule has 0 heterocycles. The molecule has 0 spiro atoms. The summed E-state index contributed by atoms with van der Waals surface area (Å²) in [5.41, 5.74) is 0.0835. The molecular formula is C39H53NO6. The highest BCUT2D eigenvalue weighted by Gasteiger charge is 2.70. The second-order valence-electron chi connectivity index (χ2n) is 17.5. The molecule has 2 N–H and O–H groups in total. The Bertz CT molecular complexity index is 1530. The van der Waals surface area contributed by atoms with Gasteiger partial charge in [0.15, 0.2) is 5.78 Å². The first kappa shape index (κ1) is 33.0. The lowest BCUT2D eigenvalue weighted by Gasteiger charge is -2.70. The fourth-order valence-electron chi connectivity index (χ4n) is 12.0. The molecule has 1 aromatic carbocycles. The normalized spacial score (nSPS) is 42.7. The number of amides is 1. The summed E-state index contributed by atoms with van der Waals surface area (Å²) in [7, 11) is 1.48. The van der Waals surface area contributed by atoms with E-state index in [1.54, 1.807) is 18.2 Å². The number of carboxylic acid groups (broad SMARTS) is 1. The highest BCUT2D eigenvalue weighted by molar-refractivity contribution is 6.05. The first-order valence-corrected chi connectivity index (χ1v) is 17.4. The summed E-state index contributed by atoms with van der Waals surface area (Å²) in [4.78, 5) is 53.0. The summed E-state index contributed by atoms with van der Waals surface area (Å²) < 4.78 is 5.28. The smallest absolute Gasteiger partial charge is 0.336 e. The van der Waals surface area contributed by atoms with E-state index in [0.717, 1.165) is 57.8 Å². The molecule has 0 radical (unpaired) electrons. The predicted molar refractivity (Wildman–Crippen MR) is 176 cm³/mol. The molecule has 6 rings (SSSR count). The van der Waals surface area contributed by atoms with Gasteiger partial charge in [0.25, 0.3) is 5.91 Å². The van der Waals surface area contributed by atoms with Crippen LogP contribution in [0.3, 0.4) is 0 Å². The minimum atomic E-state index is -1.12. The number of nitrogens with one attached hydrogen (secondary N) is 1. The second-order valence-corrected chi connectivity index (χ2v) is 17.5. The van der Waals surface area contributed by atoms with Gasteiger partial charge in [0.2, 0.25) is 0 Å². The van der Waals surface area contributed by atoms with Crippen LogP contribution in [0.15, 0.2) is 35.9 Å². The van der Waals surface area contributed by atoms with Gasteiger partial charge >= 0.3 is 11.9 Å². The molecule has 250 valence electrons. The van der Waals surface area contributed by atoms with E-state index < -0.39 is 11.4 Å². The van der Waals surface area contributed by atoms with Crippen LogP contribution in [0.5, 0.6) is 0 Å². The molecule has 5 aliphatic carbocycles. The third kappa shape index (κ3) is 4.42. The van der Waals surface area contributed by atoms with Crippen LogP contribution in [0.4, 0.5) is 0 Å². The molecule has 7 nitrogen and oxygen atoms in total. The van der Waals surface area contributed by atoms with Gasteiger partial charge in [-0.3, -0.25) is 14.4 Å². The van der Waals surface area contributed by atoms with Crippen molar-refractivity contribution < 1.29 is 29.0 Å². The molecule has 1 amide bonds. The minimum absolute atomic E-state index is 0.00368. The Morgan fingerprint density at radius 3 is 2.17 bits per heavy atom. The van der Waals surface area contributed by atoms with Gasteiger partial charge in [0.1, 0.15) is 0 Å². The van der Waals surface area contributed by atoms with Crippen molar-refractivity contribution in [1.29, 1.82) is 0 Å². The number of fused-ring (bicyclic) bond motifs is 7. The topological polar surface area (TPSA) is 110 Å². The van der Waals surface area contributed by atoms with Crippen molar-refractivity contribution in [2.45, 2.75) is 112 Å². The summed E-state index contributed by atoms with van der Waals surface area (Å²) in [5.74, 6) is -1.12. The van der Waals surface area contributed by atoms with E-state index >= 15 is 0 Å². The third-order valence-corrected chi connectivity index (χ3v) is 15.0. The van der Waals surface area contributed by atoms with Gasteiger partial charge in [-0.2, -0.15) is 0 Å². The van der Waals surface area contributed by atoms with E-state index in [4.69, 9.17) is 4.74 Å². The molecular weight excluding hydrogens is 578 g/mol. The third-order valence-electron chi connectivity index (χ3n) is 15.0. The molecule has 4 saturated carbocycles. The Balaban J connectivity index is 1.33. The van der Waals surface area contributed by atoms with Crippen LogP contribution in [0.25, 0.3) is 0 Å². The summed E-state index contributed by atoms with van der Waals surface area (Å²) in [6.45, 7) is 16.0. The molecule has 0 saturated heterocycles. The van der Waals surface area contributed by atoms with Crippen molar-refractivity contribution >= 4 is 23.6 Å². The quantitative estimate of drug-likeness (QED) is 0.331. The van der Waals surface area contributed by atoms with Gasteiger partial charge < -0.3 is 15.2 Å². The molecule has 5 aliphatic rings. The number of carboxylic acids is 1. The molecule has 4 fully saturated rings. The lowest BCUT2D eigenvalue weighted by atomic mass is 9.33. The number of ether oxygens (including phenoxy) is 1. The van der Waals surface area contributed by atoms with E-state index in [2.05, 4.69) is 46.9 Å². The summed E-state index contributed by atoms with van der Waals surface area (Å²) in [5, 5.41) is 12.9. The predicted octanol–water partition coefficient (Wildman–Crippen LogP) is 7.64. The van der Waals surface area contributed by atoms with Gasteiger partial charge in [-0.15, -0.1) is 0 Å². The Hall–Kier alpha value is -2.96. The van der Waals surface area contributed by atoms with Crippen molar-refractivity contribution in [2.75, 3.05) is 7.11 Å². The van der Waals surface area contributed by atoms with Gasteiger partial charge in [0, 0.05) is 12.0 Å². The maximum atomic E-state index is 14.7. The fraction of sp³-hybridized carbons (Fsp3) is 0.692. The van der Waals surface area contributed by atoms with Crippen LogP contribution in [-0.2, 0) is 14.3 Å². The molecule has 9 atom stereocenters. The monoisotopic (exact) mass is 631 g/mol. The van der Waals surface area contributed by atoms with E-state index in [1.165, 1.54) is 18.7 Å². The van der Waals surface area contributed by atoms with Crippen molar-refractivity contribution in [2.24, 2.45) is 50.2 Å². The van der Waals surface area contributed by atoms with Crippen molar-refractivity contribution in [1.82, 2.24) is 5.32 Å². The van der Waals surface area contributed by atoms with Crippen LogP contribution < -0.4 is 5.32 Å². The first-order chi connectivity index (χ1) is 21.4. The van der Waals surface area contributed by atoms with Crippen LogP contribution in [0.2, 0.25) is 0 Å². The first-order valence-electron chi connectivity index (χ1n) is 17.4. The zero-order valence-corrected chi connectivity index (χ0v) is 29.0. The number of carbonyl (C=O) groups is 4. The van der Waals surface area contributed by atoms with Crippen LogP contribution in [-0.4, -0.2) is 41.9 Å². The van der Waals surface area contributed by atoms with Gasteiger partial charge in [-0.25, -0.2) is 4.79 Å². The summed E-state index contributed by atoms with van der Waals surface area (Å²) >= 11 is 0. The lowest BCUT2D eigenvalue weighted by molar-refractivity contribution is -0.189. The van der Waals surface area contributed by atoms with Gasteiger partial charge in [-0.05, 0) is 122 Å². The van der Waals surface area contributed by atoms with Crippen LogP contribution in [0.1, 0.15) is 127 Å². The fourth-order valence-corrected chi connectivity index (χ4v) is 12.0. The Labute approximate surface area is 274 Å². The van der Waals surface area contributed by atoms with Crippen molar-refractivity contribution in [3.63, 3.8) is 0 Å². The van der Waals surface area contributed by atoms with E-state index in [-0.39, 0.29) is 79.7 Å². The molecule has 0 bridgehead atoms. The van der Waals surface area contributed by atoms with E-state index in [1.807, 2.05) is 13.0 Å². The largest absolute Gasteiger partial charge is 0.478 e. The number of benzene rings is 1. The number of carbonyl (C=O) groups excluding carboxylic acids is 3. The standard InChI is InChI=1S/C39H53NO6/c1-34(2)28-13-16-39(7)30(37(28,5)15-14-29(34)40-31(42)23-11-9-10-12-24(23)32(43)44)27(41)21-25-26-22-36(4,33(45)46-8)18-17-35(26,3)19-20-38(25,39)6/h9-12,21,26,28-30H,13-20,22H2,1-8H3,(H,40,42)(H,43,44)/t26?,28-,29?,30+,35+,36-,37-,38+,39+/m0/s1. The molecule has 2 unspecified atom stereocenters. The van der Waals surface area contributed by atoms with Gasteiger partial charge in [-0.1, -0.05) is 59.2 Å². The van der Waals surface area contributed by atoms with Gasteiger partial charge in [0.05, 0.1) is 23.7 Å². The minimum Gasteiger partial charge on any atom is -0.478 e. The molecule has 0 aliphatic heterocycles. The molecule has 46 heavy (non-hydrogen) atoms.